The first kappa shape index (κ1) is 13.7. The van der Waals surface area contributed by atoms with E-state index in [0.717, 1.165) is 12.1 Å². The van der Waals surface area contributed by atoms with Crippen molar-refractivity contribution in [3.05, 3.63) is 18.2 Å². The summed E-state index contributed by atoms with van der Waals surface area (Å²) in [5, 5.41) is 2.93. The van der Waals surface area contributed by atoms with Gasteiger partial charge in [0.1, 0.15) is 0 Å². The molecular formula is C15H21NO3. The van der Waals surface area contributed by atoms with E-state index < -0.39 is 0 Å². The Hall–Kier alpha value is -1.71. The number of benzene rings is 1. The van der Waals surface area contributed by atoms with Crippen molar-refractivity contribution < 1.29 is 14.3 Å². The van der Waals surface area contributed by atoms with Gasteiger partial charge >= 0.3 is 0 Å². The summed E-state index contributed by atoms with van der Waals surface area (Å²) in [6, 6.07) is 5.50. The van der Waals surface area contributed by atoms with Crippen LogP contribution >= 0.6 is 0 Å². The third-order valence-corrected chi connectivity index (χ3v) is 3.26. The zero-order valence-electron chi connectivity index (χ0n) is 11.7. The van der Waals surface area contributed by atoms with Crippen LogP contribution in [-0.2, 0) is 4.79 Å². The summed E-state index contributed by atoms with van der Waals surface area (Å²) in [6.45, 7) is 7.10. The third-order valence-electron chi connectivity index (χ3n) is 3.26. The first-order valence-electron chi connectivity index (χ1n) is 6.86. The fourth-order valence-corrected chi connectivity index (χ4v) is 2.05. The number of nitrogens with one attached hydrogen (secondary N) is 1. The van der Waals surface area contributed by atoms with E-state index in [4.69, 9.17) is 9.47 Å². The van der Waals surface area contributed by atoms with Gasteiger partial charge in [0.2, 0.25) is 5.91 Å². The van der Waals surface area contributed by atoms with Crippen molar-refractivity contribution >= 4 is 11.6 Å². The average molecular weight is 263 g/mol. The molecule has 0 saturated heterocycles. The lowest BCUT2D eigenvalue weighted by atomic mass is 10.2. The van der Waals surface area contributed by atoms with Gasteiger partial charge in [-0.15, -0.1) is 0 Å². The molecule has 0 radical (unpaired) electrons. The van der Waals surface area contributed by atoms with Crippen LogP contribution in [0.3, 0.4) is 0 Å². The van der Waals surface area contributed by atoms with Gasteiger partial charge in [-0.3, -0.25) is 4.79 Å². The highest BCUT2D eigenvalue weighted by Crippen LogP contribution is 2.39. The van der Waals surface area contributed by atoms with Crippen molar-refractivity contribution in [2.75, 3.05) is 18.5 Å². The summed E-state index contributed by atoms with van der Waals surface area (Å²) >= 11 is 0. The Bertz CT molecular complexity index is 459. The minimum atomic E-state index is 0.0964. The van der Waals surface area contributed by atoms with Gasteiger partial charge in [0, 0.05) is 17.7 Å². The first-order valence-corrected chi connectivity index (χ1v) is 6.86. The molecule has 19 heavy (non-hydrogen) atoms. The SMILES string of the molecule is CCOc1ccc(NC(=O)C2CC2C)cc1OCC. The second-order valence-electron chi connectivity index (χ2n) is 4.84. The minimum Gasteiger partial charge on any atom is -0.490 e. The minimum absolute atomic E-state index is 0.0964. The molecule has 0 spiro atoms. The van der Waals surface area contributed by atoms with Crippen molar-refractivity contribution in [1.29, 1.82) is 0 Å². The summed E-state index contributed by atoms with van der Waals surface area (Å²) in [4.78, 5) is 11.9. The molecule has 4 nitrogen and oxygen atoms in total. The topological polar surface area (TPSA) is 47.6 Å². The predicted molar refractivity (Wildman–Crippen MR) is 74.7 cm³/mol. The van der Waals surface area contributed by atoms with Crippen molar-refractivity contribution in [1.82, 2.24) is 0 Å². The molecule has 1 fully saturated rings. The molecule has 1 aliphatic rings. The van der Waals surface area contributed by atoms with Crippen LogP contribution in [0.2, 0.25) is 0 Å². The van der Waals surface area contributed by atoms with Crippen molar-refractivity contribution in [2.24, 2.45) is 11.8 Å². The summed E-state index contributed by atoms with van der Waals surface area (Å²) in [5.74, 6) is 2.16. The average Bonchev–Trinajstić information content (AvgIpc) is 3.10. The quantitative estimate of drug-likeness (QED) is 0.858. The van der Waals surface area contributed by atoms with E-state index in [1.807, 2.05) is 32.0 Å². The Morgan fingerprint density at radius 1 is 1.26 bits per heavy atom. The lowest BCUT2D eigenvalue weighted by Gasteiger charge is -2.13. The van der Waals surface area contributed by atoms with Gasteiger partial charge in [0.05, 0.1) is 13.2 Å². The lowest BCUT2D eigenvalue weighted by molar-refractivity contribution is -0.117. The largest absolute Gasteiger partial charge is 0.490 e. The number of ether oxygens (including phenoxy) is 2. The monoisotopic (exact) mass is 263 g/mol. The van der Waals surface area contributed by atoms with E-state index in [1.54, 1.807) is 0 Å². The molecule has 1 saturated carbocycles. The third kappa shape index (κ3) is 3.40. The van der Waals surface area contributed by atoms with E-state index in [2.05, 4.69) is 12.2 Å². The Morgan fingerprint density at radius 2 is 1.89 bits per heavy atom. The van der Waals surface area contributed by atoms with E-state index in [9.17, 15) is 4.79 Å². The maximum absolute atomic E-state index is 11.9. The smallest absolute Gasteiger partial charge is 0.227 e. The zero-order valence-corrected chi connectivity index (χ0v) is 11.7. The van der Waals surface area contributed by atoms with Gasteiger partial charge in [-0.2, -0.15) is 0 Å². The summed E-state index contributed by atoms with van der Waals surface area (Å²) in [6.07, 6.45) is 0.987. The molecule has 1 N–H and O–H groups in total. The van der Waals surface area contributed by atoms with Gasteiger partial charge in [0.25, 0.3) is 0 Å². The van der Waals surface area contributed by atoms with E-state index in [1.165, 1.54) is 0 Å². The van der Waals surface area contributed by atoms with Gasteiger partial charge in [-0.1, -0.05) is 6.92 Å². The van der Waals surface area contributed by atoms with E-state index in [-0.39, 0.29) is 11.8 Å². The molecule has 2 rings (SSSR count). The van der Waals surface area contributed by atoms with E-state index in [0.29, 0.717) is 30.6 Å². The molecule has 1 aliphatic carbocycles. The molecule has 0 bridgehead atoms. The molecule has 1 aromatic carbocycles. The molecule has 2 unspecified atom stereocenters. The molecular weight excluding hydrogens is 242 g/mol. The maximum atomic E-state index is 11.9. The number of carbonyl (C=O) groups excluding carboxylic acids is 1. The zero-order chi connectivity index (χ0) is 13.8. The number of amides is 1. The fourth-order valence-electron chi connectivity index (χ4n) is 2.05. The van der Waals surface area contributed by atoms with Gasteiger partial charge in [0.15, 0.2) is 11.5 Å². The van der Waals surface area contributed by atoms with Crippen LogP contribution in [0.1, 0.15) is 27.2 Å². The first-order chi connectivity index (χ1) is 9.15. The molecule has 1 amide bonds. The Kier molecular flexibility index (Phi) is 4.30. The number of hydrogen-bond acceptors (Lipinski definition) is 3. The van der Waals surface area contributed by atoms with Crippen LogP contribution in [0.4, 0.5) is 5.69 Å². The summed E-state index contributed by atoms with van der Waals surface area (Å²) in [5.41, 5.74) is 0.760. The summed E-state index contributed by atoms with van der Waals surface area (Å²) < 4.78 is 11.0. The predicted octanol–water partition coefficient (Wildman–Crippen LogP) is 3.08. The van der Waals surface area contributed by atoms with Crippen LogP contribution in [0.15, 0.2) is 18.2 Å². The highest BCUT2D eigenvalue weighted by atomic mass is 16.5. The Balaban J connectivity index is 2.08. The number of rotatable bonds is 6. The van der Waals surface area contributed by atoms with Crippen molar-refractivity contribution in [3.63, 3.8) is 0 Å². The number of carbonyl (C=O) groups is 1. The number of anilines is 1. The van der Waals surface area contributed by atoms with E-state index >= 15 is 0 Å². The molecule has 2 atom stereocenters. The molecule has 0 heterocycles. The molecule has 104 valence electrons. The normalized spacial score (nSPS) is 20.8. The maximum Gasteiger partial charge on any atom is 0.227 e. The van der Waals surface area contributed by atoms with Crippen LogP contribution < -0.4 is 14.8 Å². The van der Waals surface area contributed by atoms with Crippen LogP contribution in [-0.4, -0.2) is 19.1 Å². The fraction of sp³-hybridized carbons (Fsp3) is 0.533. The van der Waals surface area contributed by atoms with Crippen molar-refractivity contribution in [3.8, 4) is 11.5 Å². The molecule has 0 aromatic heterocycles. The van der Waals surface area contributed by atoms with Crippen LogP contribution in [0, 0.1) is 11.8 Å². The van der Waals surface area contributed by atoms with Gasteiger partial charge < -0.3 is 14.8 Å². The Labute approximate surface area is 114 Å². The lowest BCUT2D eigenvalue weighted by Crippen LogP contribution is -2.14. The Morgan fingerprint density at radius 3 is 2.47 bits per heavy atom. The molecule has 1 aromatic rings. The second kappa shape index (κ2) is 5.95. The number of hydrogen-bond donors (Lipinski definition) is 1. The van der Waals surface area contributed by atoms with Gasteiger partial charge in [-0.25, -0.2) is 0 Å². The molecule has 4 heteroatoms. The van der Waals surface area contributed by atoms with Gasteiger partial charge in [-0.05, 0) is 38.3 Å². The van der Waals surface area contributed by atoms with Crippen LogP contribution in [0.25, 0.3) is 0 Å². The van der Waals surface area contributed by atoms with Crippen LogP contribution in [0.5, 0.6) is 11.5 Å². The summed E-state index contributed by atoms with van der Waals surface area (Å²) in [7, 11) is 0. The highest BCUT2D eigenvalue weighted by Gasteiger charge is 2.39. The van der Waals surface area contributed by atoms with Crippen molar-refractivity contribution in [2.45, 2.75) is 27.2 Å². The highest BCUT2D eigenvalue weighted by molar-refractivity contribution is 5.94. The second-order valence-corrected chi connectivity index (χ2v) is 4.84. The standard InChI is InChI=1S/C15H21NO3/c1-4-18-13-7-6-11(9-14(13)19-5-2)16-15(17)12-8-10(12)3/h6-7,9-10,12H,4-5,8H2,1-3H3,(H,16,17). The molecule has 0 aliphatic heterocycles.